The Hall–Kier alpha value is -3.75. The van der Waals surface area contributed by atoms with E-state index >= 15 is 0 Å². The molecule has 4 rings (SSSR count). The summed E-state index contributed by atoms with van der Waals surface area (Å²) in [6.45, 7) is 2.94. The molecule has 4 N–H and O–H groups in total. The van der Waals surface area contributed by atoms with Crippen molar-refractivity contribution >= 4 is 40.0 Å². The molecule has 1 fully saturated rings. The molecule has 0 unspecified atom stereocenters. The molecule has 0 bridgehead atoms. The number of carbonyl (C=O) groups excluding carboxylic acids is 2. The molecule has 2 amide bonds. The highest BCUT2D eigenvalue weighted by Gasteiger charge is 2.22. The third kappa shape index (κ3) is 4.29. The molecular formula is C21H23N7O2. The fourth-order valence-corrected chi connectivity index (χ4v) is 3.59. The topological polar surface area (TPSA) is 126 Å². The third-order valence-corrected chi connectivity index (χ3v) is 5.08. The van der Waals surface area contributed by atoms with Gasteiger partial charge in [0.2, 0.25) is 5.91 Å². The number of likely N-dealkylation sites (tertiary alicyclic amines) is 1. The minimum absolute atomic E-state index is 0.0442. The summed E-state index contributed by atoms with van der Waals surface area (Å²) in [6.07, 6.45) is 4.98. The Labute approximate surface area is 173 Å². The van der Waals surface area contributed by atoms with E-state index in [1.165, 1.54) is 6.20 Å². The first-order chi connectivity index (χ1) is 14.5. The van der Waals surface area contributed by atoms with E-state index in [9.17, 15) is 9.59 Å². The van der Waals surface area contributed by atoms with Crippen LogP contribution in [0.2, 0.25) is 0 Å². The highest BCUT2D eigenvalue weighted by molar-refractivity contribution is 5.96. The zero-order chi connectivity index (χ0) is 21.1. The van der Waals surface area contributed by atoms with Crippen molar-refractivity contribution < 1.29 is 9.59 Å². The quantitative estimate of drug-likeness (QED) is 0.594. The summed E-state index contributed by atoms with van der Waals surface area (Å²) in [5.74, 6) is 0.143. The molecule has 0 saturated carbocycles. The van der Waals surface area contributed by atoms with Gasteiger partial charge in [-0.25, -0.2) is 9.97 Å². The van der Waals surface area contributed by atoms with Crippen LogP contribution in [0.5, 0.6) is 0 Å². The van der Waals surface area contributed by atoms with Gasteiger partial charge in [0.25, 0.3) is 5.91 Å². The first-order valence-corrected chi connectivity index (χ1v) is 9.80. The Morgan fingerprint density at radius 2 is 2.03 bits per heavy atom. The van der Waals surface area contributed by atoms with Crippen molar-refractivity contribution in [3.8, 4) is 0 Å². The number of carbonyl (C=O) groups is 2. The maximum absolute atomic E-state index is 11.8. The van der Waals surface area contributed by atoms with Crippen LogP contribution < -0.4 is 16.4 Å². The van der Waals surface area contributed by atoms with E-state index in [4.69, 9.17) is 5.73 Å². The number of hydrogen-bond donors (Lipinski definition) is 3. The summed E-state index contributed by atoms with van der Waals surface area (Å²) >= 11 is 0. The van der Waals surface area contributed by atoms with E-state index < -0.39 is 5.91 Å². The smallest absolute Gasteiger partial charge is 0.271 e. The van der Waals surface area contributed by atoms with E-state index in [1.54, 1.807) is 13.1 Å². The molecule has 30 heavy (non-hydrogen) atoms. The number of rotatable bonds is 5. The van der Waals surface area contributed by atoms with Crippen molar-refractivity contribution in [1.82, 2.24) is 19.9 Å². The van der Waals surface area contributed by atoms with Crippen molar-refractivity contribution in [3.05, 3.63) is 48.4 Å². The highest BCUT2D eigenvalue weighted by Crippen LogP contribution is 2.23. The Balaban J connectivity index is 1.58. The monoisotopic (exact) mass is 405 g/mol. The van der Waals surface area contributed by atoms with Gasteiger partial charge in [0.05, 0.1) is 23.6 Å². The van der Waals surface area contributed by atoms with Crippen LogP contribution in [0.25, 0.3) is 10.9 Å². The van der Waals surface area contributed by atoms with Gasteiger partial charge in [-0.05, 0) is 25.0 Å². The lowest BCUT2D eigenvalue weighted by Gasteiger charge is -2.32. The molecule has 1 aliphatic heterocycles. The van der Waals surface area contributed by atoms with Gasteiger partial charge in [0.1, 0.15) is 5.82 Å². The van der Waals surface area contributed by atoms with Crippen LogP contribution in [0.15, 0.2) is 42.7 Å². The van der Waals surface area contributed by atoms with Gasteiger partial charge in [-0.2, -0.15) is 0 Å². The lowest BCUT2D eigenvalue weighted by molar-refractivity contribution is -0.129. The fraction of sp³-hybridized carbons (Fsp3) is 0.286. The maximum atomic E-state index is 11.8. The van der Waals surface area contributed by atoms with Crippen molar-refractivity contribution in [2.75, 3.05) is 23.7 Å². The number of nitrogens with two attached hydrogens (primary N) is 1. The lowest BCUT2D eigenvalue weighted by Crippen LogP contribution is -2.44. The van der Waals surface area contributed by atoms with Crippen LogP contribution in [-0.4, -0.2) is 50.8 Å². The second-order valence-electron chi connectivity index (χ2n) is 7.31. The molecule has 0 spiro atoms. The van der Waals surface area contributed by atoms with Crippen molar-refractivity contribution in [1.29, 1.82) is 0 Å². The van der Waals surface area contributed by atoms with E-state index in [2.05, 4.69) is 25.6 Å². The van der Waals surface area contributed by atoms with E-state index in [-0.39, 0.29) is 23.5 Å². The largest absolute Gasteiger partial charge is 0.364 e. The number of amides is 2. The zero-order valence-corrected chi connectivity index (χ0v) is 16.6. The SMILES string of the molecule is CC(=O)N1CCC[C@H](Nc2cnc(C(N)=O)c(Nc3cnc4ccccc4c3)n2)C1. The summed E-state index contributed by atoms with van der Waals surface area (Å²) in [4.78, 5) is 38.4. The molecular weight excluding hydrogens is 382 g/mol. The molecule has 0 aliphatic carbocycles. The number of anilines is 3. The first kappa shape index (κ1) is 19.6. The minimum atomic E-state index is -0.675. The van der Waals surface area contributed by atoms with Crippen molar-refractivity contribution in [2.45, 2.75) is 25.8 Å². The normalized spacial score (nSPS) is 16.3. The number of para-hydroxylation sites is 1. The van der Waals surface area contributed by atoms with Crippen LogP contribution >= 0.6 is 0 Å². The van der Waals surface area contributed by atoms with Crippen LogP contribution in [0.3, 0.4) is 0 Å². The summed E-state index contributed by atoms with van der Waals surface area (Å²) in [7, 11) is 0. The Morgan fingerprint density at radius 1 is 1.20 bits per heavy atom. The number of piperidine rings is 1. The molecule has 1 atom stereocenters. The van der Waals surface area contributed by atoms with E-state index in [0.717, 1.165) is 30.3 Å². The summed E-state index contributed by atoms with van der Waals surface area (Å²) in [6, 6.07) is 9.71. The van der Waals surface area contributed by atoms with Gasteiger partial charge in [-0.1, -0.05) is 18.2 Å². The third-order valence-electron chi connectivity index (χ3n) is 5.08. The number of hydrogen-bond acceptors (Lipinski definition) is 7. The number of nitrogens with one attached hydrogen (secondary N) is 2. The molecule has 9 nitrogen and oxygen atoms in total. The van der Waals surface area contributed by atoms with Gasteiger partial charge < -0.3 is 21.3 Å². The second-order valence-corrected chi connectivity index (χ2v) is 7.31. The van der Waals surface area contributed by atoms with Crippen LogP contribution in [-0.2, 0) is 4.79 Å². The van der Waals surface area contributed by atoms with Gasteiger partial charge >= 0.3 is 0 Å². The minimum Gasteiger partial charge on any atom is -0.364 e. The molecule has 1 aliphatic rings. The van der Waals surface area contributed by atoms with Crippen LogP contribution in [0.1, 0.15) is 30.3 Å². The summed E-state index contributed by atoms with van der Waals surface area (Å²) < 4.78 is 0. The Morgan fingerprint density at radius 3 is 2.83 bits per heavy atom. The predicted molar refractivity (Wildman–Crippen MR) is 114 cm³/mol. The first-order valence-electron chi connectivity index (χ1n) is 9.80. The number of fused-ring (bicyclic) bond motifs is 1. The Bertz CT molecular complexity index is 1100. The van der Waals surface area contributed by atoms with Crippen molar-refractivity contribution in [2.24, 2.45) is 5.73 Å². The number of aromatic nitrogens is 3. The molecule has 2 aromatic heterocycles. The molecule has 1 aromatic carbocycles. The van der Waals surface area contributed by atoms with Gasteiger partial charge in [0.15, 0.2) is 11.5 Å². The predicted octanol–water partition coefficient (Wildman–Crippen LogP) is 2.29. The van der Waals surface area contributed by atoms with E-state index in [1.807, 2.05) is 35.2 Å². The number of pyridine rings is 1. The fourth-order valence-electron chi connectivity index (χ4n) is 3.59. The summed E-state index contributed by atoms with van der Waals surface area (Å²) in [5, 5.41) is 7.38. The van der Waals surface area contributed by atoms with Crippen LogP contribution in [0.4, 0.5) is 17.3 Å². The molecule has 1 saturated heterocycles. The number of benzene rings is 1. The maximum Gasteiger partial charge on any atom is 0.271 e. The second kappa shape index (κ2) is 8.32. The average Bonchev–Trinajstić information content (AvgIpc) is 2.74. The standard InChI is InChI=1S/C21H23N7O2/c1-13(29)28-8-4-6-15(12-28)25-18-11-24-19(20(22)30)21(27-18)26-16-9-14-5-2-3-7-17(14)23-10-16/h2-3,5,7,9-11,15H,4,6,8,12H2,1H3,(H2,22,30)(H2,25,26,27)/t15-/m0/s1. The molecule has 154 valence electrons. The van der Waals surface area contributed by atoms with Crippen molar-refractivity contribution in [3.63, 3.8) is 0 Å². The molecule has 0 radical (unpaired) electrons. The highest BCUT2D eigenvalue weighted by atomic mass is 16.2. The Kier molecular flexibility index (Phi) is 5.42. The molecule has 3 aromatic rings. The zero-order valence-electron chi connectivity index (χ0n) is 16.6. The lowest BCUT2D eigenvalue weighted by atomic mass is 10.1. The van der Waals surface area contributed by atoms with Gasteiger partial charge in [-0.15, -0.1) is 0 Å². The molecule has 9 heteroatoms. The van der Waals surface area contributed by atoms with Gasteiger partial charge in [-0.3, -0.25) is 14.6 Å². The van der Waals surface area contributed by atoms with Gasteiger partial charge in [0, 0.05) is 31.4 Å². The molecule has 3 heterocycles. The number of nitrogens with zero attached hydrogens (tertiary/aromatic N) is 4. The number of primary amides is 1. The average molecular weight is 405 g/mol. The van der Waals surface area contributed by atoms with Crippen LogP contribution in [0, 0.1) is 0 Å². The summed E-state index contributed by atoms with van der Waals surface area (Å²) in [5.41, 5.74) is 7.06. The van der Waals surface area contributed by atoms with E-state index in [0.29, 0.717) is 18.1 Å².